The fraction of sp³-hybridized carbons (Fsp3) is 0.462. The van der Waals surface area contributed by atoms with Gasteiger partial charge in [0.1, 0.15) is 11.3 Å². The summed E-state index contributed by atoms with van der Waals surface area (Å²) in [6.45, 7) is 2.67. The van der Waals surface area contributed by atoms with Crippen LogP contribution in [0, 0.1) is 0 Å². The molecule has 0 spiro atoms. The average Bonchev–Trinajstić information content (AvgIpc) is 2.28. The van der Waals surface area contributed by atoms with Crippen LogP contribution in [0.2, 0.25) is 5.02 Å². The van der Waals surface area contributed by atoms with Gasteiger partial charge in [-0.05, 0) is 24.6 Å². The molecule has 1 aromatic carbocycles. The summed E-state index contributed by atoms with van der Waals surface area (Å²) in [5.41, 5.74) is 0.157. The molecule has 0 aliphatic carbocycles. The van der Waals surface area contributed by atoms with E-state index in [0.717, 1.165) is 19.3 Å². The van der Waals surface area contributed by atoms with Gasteiger partial charge in [-0.15, -0.1) is 0 Å². The number of carbonyl (C=O) groups is 1. The summed E-state index contributed by atoms with van der Waals surface area (Å²) in [5.74, 6) is -0.647. The largest absolute Gasteiger partial charge is 0.493 e. The van der Waals surface area contributed by atoms with E-state index < -0.39 is 5.97 Å². The van der Waals surface area contributed by atoms with Gasteiger partial charge in [0, 0.05) is 5.02 Å². The predicted molar refractivity (Wildman–Crippen MR) is 68.0 cm³/mol. The second kappa shape index (κ2) is 7.17. The summed E-state index contributed by atoms with van der Waals surface area (Å²) in [4.78, 5) is 10.9. The Morgan fingerprint density at radius 3 is 2.76 bits per heavy atom. The number of benzene rings is 1. The smallest absolute Gasteiger partial charge is 0.339 e. The van der Waals surface area contributed by atoms with E-state index in [0.29, 0.717) is 17.4 Å². The van der Waals surface area contributed by atoms with Gasteiger partial charge in [-0.2, -0.15) is 0 Å². The molecule has 0 atom stereocenters. The molecule has 3 nitrogen and oxygen atoms in total. The van der Waals surface area contributed by atoms with Crippen LogP contribution in [-0.2, 0) is 0 Å². The van der Waals surface area contributed by atoms with Crippen molar-refractivity contribution in [3.63, 3.8) is 0 Å². The molecule has 0 radical (unpaired) electrons. The van der Waals surface area contributed by atoms with Crippen molar-refractivity contribution in [2.24, 2.45) is 0 Å². The molecule has 0 saturated heterocycles. The van der Waals surface area contributed by atoms with Crippen molar-refractivity contribution >= 4 is 17.6 Å². The van der Waals surface area contributed by atoms with E-state index in [4.69, 9.17) is 21.4 Å². The van der Waals surface area contributed by atoms with Crippen molar-refractivity contribution in [3.05, 3.63) is 28.8 Å². The van der Waals surface area contributed by atoms with Crippen LogP contribution in [0.15, 0.2) is 18.2 Å². The maximum absolute atomic E-state index is 10.9. The monoisotopic (exact) mass is 256 g/mol. The first kappa shape index (κ1) is 13.8. The molecule has 0 unspecified atom stereocenters. The van der Waals surface area contributed by atoms with E-state index in [2.05, 4.69) is 6.92 Å². The normalized spacial score (nSPS) is 10.2. The molecular weight excluding hydrogens is 240 g/mol. The van der Waals surface area contributed by atoms with Crippen molar-refractivity contribution in [2.75, 3.05) is 6.61 Å². The molecule has 1 aromatic rings. The van der Waals surface area contributed by atoms with Crippen LogP contribution < -0.4 is 4.74 Å². The molecule has 1 N–H and O–H groups in total. The highest BCUT2D eigenvalue weighted by Gasteiger charge is 2.11. The van der Waals surface area contributed by atoms with Crippen LogP contribution in [-0.4, -0.2) is 17.7 Å². The zero-order chi connectivity index (χ0) is 12.7. The molecule has 0 bridgehead atoms. The van der Waals surface area contributed by atoms with E-state index in [1.165, 1.54) is 12.5 Å². The minimum atomic E-state index is -0.995. The Balaban J connectivity index is 2.56. The summed E-state index contributed by atoms with van der Waals surface area (Å²) in [7, 11) is 0. The van der Waals surface area contributed by atoms with Gasteiger partial charge in [-0.3, -0.25) is 0 Å². The number of carboxylic acid groups (broad SMARTS) is 1. The number of unbranched alkanes of at least 4 members (excludes halogenated alkanes) is 3. The fourth-order valence-corrected chi connectivity index (χ4v) is 1.67. The van der Waals surface area contributed by atoms with E-state index >= 15 is 0 Å². The Bertz CT molecular complexity index is 377. The van der Waals surface area contributed by atoms with Crippen LogP contribution in [0.4, 0.5) is 0 Å². The van der Waals surface area contributed by atoms with Crippen molar-refractivity contribution < 1.29 is 14.6 Å². The first-order chi connectivity index (χ1) is 8.15. The Hall–Kier alpha value is -1.22. The van der Waals surface area contributed by atoms with Crippen molar-refractivity contribution in [3.8, 4) is 5.75 Å². The quantitative estimate of drug-likeness (QED) is 0.750. The van der Waals surface area contributed by atoms with E-state index in [-0.39, 0.29) is 5.56 Å². The first-order valence-electron chi connectivity index (χ1n) is 5.80. The van der Waals surface area contributed by atoms with Crippen LogP contribution >= 0.6 is 11.6 Å². The van der Waals surface area contributed by atoms with E-state index in [1.54, 1.807) is 12.1 Å². The highest BCUT2D eigenvalue weighted by Crippen LogP contribution is 2.23. The molecule has 0 amide bonds. The molecule has 0 heterocycles. The molecule has 1 rings (SSSR count). The lowest BCUT2D eigenvalue weighted by molar-refractivity contribution is 0.0692. The number of carboxylic acids is 1. The first-order valence-corrected chi connectivity index (χ1v) is 6.18. The molecular formula is C13H17ClO3. The molecule has 94 valence electrons. The standard InChI is InChI=1S/C13H17ClO3/c1-2-3-4-5-8-17-12-9-10(14)6-7-11(12)13(15)16/h6-7,9H,2-5,8H2,1H3,(H,15,16). The minimum absolute atomic E-state index is 0.157. The van der Waals surface area contributed by atoms with E-state index in [1.807, 2.05) is 0 Å². The zero-order valence-electron chi connectivity index (χ0n) is 9.91. The van der Waals surface area contributed by atoms with Gasteiger partial charge >= 0.3 is 5.97 Å². The van der Waals surface area contributed by atoms with Gasteiger partial charge in [0.05, 0.1) is 6.61 Å². The molecule has 0 fully saturated rings. The lowest BCUT2D eigenvalue weighted by atomic mass is 10.2. The van der Waals surface area contributed by atoms with Gasteiger partial charge in [-0.1, -0.05) is 37.8 Å². The molecule has 0 aliphatic rings. The van der Waals surface area contributed by atoms with Gasteiger partial charge in [0.25, 0.3) is 0 Å². The number of rotatable bonds is 7. The maximum Gasteiger partial charge on any atom is 0.339 e. The number of hydrogen-bond donors (Lipinski definition) is 1. The molecule has 0 saturated carbocycles. The van der Waals surface area contributed by atoms with Gasteiger partial charge < -0.3 is 9.84 Å². The van der Waals surface area contributed by atoms with Gasteiger partial charge in [-0.25, -0.2) is 4.79 Å². The van der Waals surface area contributed by atoms with Gasteiger partial charge in [0.15, 0.2) is 0 Å². The highest BCUT2D eigenvalue weighted by molar-refractivity contribution is 6.30. The second-order valence-electron chi connectivity index (χ2n) is 3.85. The predicted octanol–water partition coefficient (Wildman–Crippen LogP) is 4.00. The van der Waals surface area contributed by atoms with Crippen molar-refractivity contribution in [1.29, 1.82) is 0 Å². The topological polar surface area (TPSA) is 46.5 Å². The zero-order valence-corrected chi connectivity index (χ0v) is 10.7. The summed E-state index contributed by atoms with van der Waals surface area (Å²) in [6.07, 6.45) is 4.36. The van der Waals surface area contributed by atoms with Crippen molar-refractivity contribution in [1.82, 2.24) is 0 Å². The third-order valence-electron chi connectivity index (χ3n) is 2.43. The highest BCUT2D eigenvalue weighted by atomic mass is 35.5. The van der Waals surface area contributed by atoms with Crippen molar-refractivity contribution in [2.45, 2.75) is 32.6 Å². The van der Waals surface area contributed by atoms with Crippen LogP contribution in [0.5, 0.6) is 5.75 Å². The average molecular weight is 257 g/mol. The third-order valence-corrected chi connectivity index (χ3v) is 2.66. The Labute approximate surface area is 106 Å². The van der Waals surface area contributed by atoms with Crippen LogP contribution in [0.3, 0.4) is 0 Å². The Morgan fingerprint density at radius 2 is 2.12 bits per heavy atom. The molecule has 4 heteroatoms. The summed E-state index contributed by atoms with van der Waals surface area (Å²) >= 11 is 5.81. The SMILES string of the molecule is CCCCCCOc1cc(Cl)ccc1C(=O)O. The Kier molecular flexibility index (Phi) is 5.84. The van der Waals surface area contributed by atoms with Crippen LogP contribution in [0.25, 0.3) is 0 Å². The number of hydrogen-bond acceptors (Lipinski definition) is 2. The maximum atomic E-state index is 10.9. The second-order valence-corrected chi connectivity index (χ2v) is 4.29. The Morgan fingerprint density at radius 1 is 1.35 bits per heavy atom. The lowest BCUT2D eigenvalue weighted by Gasteiger charge is -2.09. The van der Waals surface area contributed by atoms with Gasteiger partial charge in [0.2, 0.25) is 0 Å². The number of halogens is 1. The van der Waals surface area contributed by atoms with Crippen LogP contribution in [0.1, 0.15) is 43.0 Å². The van der Waals surface area contributed by atoms with E-state index in [9.17, 15) is 4.79 Å². The summed E-state index contributed by atoms with van der Waals surface area (Å²) in [5, 5.41) is 9.46. The minimum Gasteiger partial charge on any atom is -0.493 e. The molecule has 0 aromatic heterocycles. The molecule has 17 heavy (non-hydrogen) atoms. The third kappa shape index (κ3) is 4.65. The summed E-state index contributed by atoms with van der Waals surface area (Å²) in [6, 6.07) is 4.56. The molecule has 0 aliphatic heterocycles. The number of ether oxygens (including phenoxy) is 1. The fourth-order valence-electron chi connectivity index (χ4n) is 1.50. The summed E-state index contributed by atoms with van der Waals surface area (Å²) < 4.78 is 5.46. The lowest BCUT2D eigenvalue weighted by Crippen LogP contribution is -2.04. The number of aromatic carboxylic acids is 1.